The highest BCUT2D eigenvalue weighted by atomic mass is 16.4. The zero-order valence-corrected chi connectivity index (χ0v) is 4.90. The largest absolute Gasteiger partial charge is 0.507 e. The molecule has 1 heterocycles. The van der Waals surface area contributed by atoms with Crippen molar-refractivity contribution in [3.8, 4) is 5.75 Å². The Morgan fingerprint density at radius 3 is 2.70 bits per heavy atom. The maximum absolute atomic E-state index is 10.5. The van der Waals surface area contributed by atoms with Gasteiger partial charge in [0.15, 0.2) is 6.29 Å². The fourth-order valence-electron chi connectivity index (χ4n) is 0.527. The second-order valence-corrected chi connectivity index (χ2v) is 1.62. The van der Waals surface area contributed by atoms with Crippen molar-refractivity contribution in [2.75, 3.05) is 0 Å². The minimum absolute atomic E-state index is 0.251. The molecular formula is C6H4O4. The molecule has 0 bridgehead atoms. The smallest absolute Gasteiger partial charge is 0.350 e. The van der Waals surface area contributed by atoms with Crippen LogP contribution >= 0.6 is 0 Å². The van der Waals surface area contributed by atoms with Crippen molar-refractivity contribution in [2.24, 2.45) is 0 Å². The predicted molar refractivity (Wildman–Crippen MR) is 32.0 cm³/mol. The molecule has 0 unspecified atom stereocenters. The van der Waals surface area contributed by atoms with Gasteiger partial charge < -0.3 is 9.52 Å². The third-order valence-corrected chi connectivity index (χ3v) is 1.01. The number of carbonyl (C=O) groups excluding carboxylic acids is 1. The Kier molecular flexibility index (Phi) is 1.53. The normalized spacial score (nSPS) is 9.20. The van der Waals surface area contributed by atoms with Gasteiger partial charge in [0.2, 0.25) is 0 Å². The highest BCUT2D eigenvalue weighted by Crippen LogP contribution is 2.07. The zero-order valence-electron chi connectivity index (χ0n) is 4.90. The SMILES string of the molecule is O=Cc1c(O)ccoc1=O. The highest BCUT2D eigenvalue weighted by Gasteiger charge is 2.03. The Balaban J connectivity index is 3.45. The topological polar surface area (TPSA) is 67.5 Å². The lowest BCUT2D eigenvalue weighted by Crippen LogP contribution is -2.04. The van der Waals surface area contributed by atoms with Crippen LogP contribution in [0.15, 0.2) is 21.5 Å². The second-order valence-electron chi connectivity index (χ2n) is 1.62. The van der Waals surface area contributed by atoms with Crippen LogP contribution in [0.1, 0.15) is 10.4 Å². The minimum atomic E-state index is -0.824. The molecule has 0 aliphatic heterocycles. The van der Waals surface area contributed by atoms with Crippen LogP contribution in [0.25, 0.3) is 0 Å². The van der Waals surface area contributed by atoms with Gasteiger partial charge in [0.25, 0.3) is 0 Å². The van der Waals surface area contributed by atoms with Crippen molar-refractivity contribution in [1.29, 1.82) is 0 Å². The standard InChI is InChI=1S/C6H4O4/c7-3-4-5(8)1-2-10-6(4)9/h1-3,8H. The van der Waals surface area contributed by atoms with Gasteiger partial charge in [-0.05, 0) is 0 Å². The molecule has 0 aliphatic carbocycles. The molecule has 0 saturated carbocycles. The van der Waals surface area contributed by atoms with E-state index in [0.717, 1.165) is 12.3 Å². The van der Waals surface area contributed by atoms with Crippen molar-refractivity contribution in [1.82, 2.24) is 0 Å². The summed E-state index contributed by atoms with van der Waals surface area (Å²) in [6.45, 7) is 0. The van der Waals surface area contributed by atoms with Crippen LogP contribution in [0.4, 0.5) is 0 Å². The zero-order chi connectivity index (χ0) is 7.56. The molecule has 0 amide bonds. The lowest BCUT2D eigenvalue weighted by Gasteiger charge is -1.89. The molecule has 4 nitrogen and oxygen atoms in total. The molecule has 0 spiro atoms. The minimum Gasteiger partial charge on any atom is -0.507 e. The number of carbonyl (C=O) groups is 1. The van der Waals surface area contributed by atoms with E-state index in [4.69, 9.17) is 5.11 Å². The Bertz CT molecular complexity index is 299. The summed E-state index contributed by atoms with van der Waals surface area (Å²) in [6, 6.07) is 1.13. The second kappa shape index (κ2) is 2.34. The molecule has 1 aromatic heterocycles. The van der Waals surface area contributed by atoms with Crippen LogP contribution in [-0.2, 0) is 0 Å². The molecule has 1 N–H and O–H groups in total. The summed E-state index contributed by atoms with van der Waals surface area (Å²) in [7, 11) is 0. The van der Waals surface area contributed by atoms with Crippen LogP contribution in [0, 0.1) is 0 Å². The third-order valence-electron chi connectivity index (χ3n) is 1.01. The van der Waals surface area contributed by atoms with Gasteiger partial charge in [0.1, 0.15) is 11.3 Å². The van der Waals surface area contributed by atoms with E-state index in [1.165, 1.54) is 0 Å². The summed E-state index contributed by atoms with van der Waals surface area (Å²) in [4.78, 5) is 20.5. The lowest BCUT2D eigenvalue weighted by molar-refractivity contribution is 0.111. The molecule has 0 atom stereocenters. The number of hydrogen-bond donors (Lipinski definition) is 1. The van der Waals surface area contributed by atoms with Gasteiger partial charge >= 0.3 is 5.63 Å². The van der Waals surface area contributed by atoms with Crippen molar-refractivity contribution >= 4 is 6.29 Å². The molecule has 10 heavy (non-hydrogen) atoms. The fraction of sp³-hybridized carbons (Fsp3) is 0. The quantitative estimate of drug-likeness (QED) is 0.564. The molecule has 0 saturated heterocycles. The Morgan fingerprint density at radius 1 is 1.60 bits per heavy atom. The van der Waals surface area contributed by atoms with Gasteiger partial charge in [-0.1, -0.05) is 0 Å². The van der Waals surface area contributed by atoms with Gasteiger partial charge in [0.05, 0.1) is 6.26 Å². The average molecular weight is 140 g/mol. The first kappa shape index (κ1) is 6.54. The van der Waals surface area contributed by atoms with Crippen molar-refractivity contribution in [2.45, 2.75) is 0 Å². The Morgan fingerprint density at radius 2 is 2.30 bits per heavy atom. The first-order chi connectivity index (χ1) is 4.75. The van der Waals surface area contributed by atoms with Crippen LogP contribution in [0.3, 0.4) is 0 Å². The van der Waals surface area contributed by atoms with Crippen molar-refractivity contribution < 1.29 is 14.3 Å². The molecule has 52 valence electrons. The van der Waals surface area contributed by atoms with Crippen molar-refractivity contribution in [3.05, 3.63) is 28.3 Å². The lowest BCUT2D eigenvalue weighted by atomic mass is 10.3. The monoisotopic (exact) mass is 140 g/mol. The van der Waals surface area contributed by atoms with E-state index in [0.29, 0.717) is 0 Å². The van der Waals surface area contributed by atoms with Gasteiger partial charge in [0, 0.05) is 6.07 Å². The number of rotatable bonds is 1. The number of aldehydes is 1. The molecule has 0 aromatic carbocycles. The summed E-state index contributed by atoms with van der Waals surface area (Å²) < 4.78 is 4.28. The summed E-state index contributed by atoms with van der Waals surface area (Å²) >= 11 is 0. The molecular weight excluding hydrogens is 136 g/mol. The van der Waals surface area contributed by atoms with E-state index in [9.17, 15) is 9.59 Å². The van der Waals surface area contributed by atoms with E-state index >= 15 is 0 Å². The highest BCUT2D eigenvalue weighted by molar-refractivity contribution is 5.77. The third kappa shape index (κ3) is 0.907. The maximum atomic E-state index is 10.5. The fourth-order valence-corrected chi connectivity index (χ4v) is 0.527. The average Bonchev–Trinajstić information content (AvgIpc) is 1.88. The van der Waals surface area contributed by atoms with Gasteiger partial charge in [-0.25, -0.2) is 4.79 Å². The summed E-state index contributed by atoms with van der Waals surface area (Å²) in [5.41, 5.74) is -1.17. The van der Waals surface area contributed by atoms with Crippen LogP contribution in [0.2, 0.25) is 0 Å². The van der Waals surface area contributed by atoms with Crippen LogP contribution in [-0.4, -0.2) is 11.4 Å². The first-order valence-electron chi connectivity index (χ1n) is 2.51. The molecule has 0 fully saturated rings. The number of aromatic hydroxyl groups is 1. The molecule has 1 aromatic rings. The maximum Gasteiger partial charge on any atom is 0.350 e. The van der Waals surface area contributed by atoms with E-state index < -0.39 is 5.63 Å². The van der Waals surface area contributed by atoms with Crippen LogP contribution < -0.4 is 5.63 Å². The van der Waals surface area contributed by atoms with E-state index in [-0.39, 0.29) is 17.6 Å². The van der Waals surface area contributed by atoms with Gasteiger partial charge in [-0.2, -0.15) is 0 Å². The molecule has 0 aliphatic rings. The van der Waals surface area contributed by atoms with E-state index in [2.05, 4.69) is 4.42 Å². The first-order valence-corrected chi connectivity index (χ1v) is 2.51. The van der Waals surface area contributed by atoms with Gasteiger partial charge in [-0.15, -0.1) is 0 Å². The molecule has 0 radical (unpaired) electrons. The molecule has 1 rings (SSSR count). The van der Waals surface area contributed by atoms with Gasteiger partial charge in [-0.3, -0.25) is 4.79 Å². The van der Waals surface area contributed by atoms with Crippen molar-refractivity contribution in [3.63, 3.8) is 0 Å². The predicted octanol–water partition coefficient (Wildman–Crippen LogP) is 0.158. The summed E-state index contributed by atoms with van der Waals surface area (Å²) in [5, 5.41) is 8.80. The number of hydrogen-bond acceptors (Lipinski definition) is 4. The Hall–Kier alpha value is -1.58. The summed E-state index contributed by atoms with van der Waals surface area (Å²) in [5.74, 6) is -0.355. The molecule has 4 heteroatoms. The van der Waals surface area contributed by atoms with E-state index in [1.54, 1.807) is 0 Å². The summed E-state index contributed by atoms with van der Waals surface area (Å²) in [6.07, 6.45) is 1.27. The Labute approximate surface area is 55.7 Å². The van der Waals surface area contributed by atoms with E-state index in [1.807, 2.05) is 0 Å². The van der Waals surface area contributed by atoms with Crippen LogP contribution in [0.5, 0.6) is 5.75 Å².